The van der Waals surface area contributed by atoms with Crippen LogP contribution in [0.1, 0.15) is 43.7 Å². The second-order valence-electron chi connectivity index (χ2n) is 6.49. The van der Waals surface area contributed by atoms with Gasteiger partial charge in [-0.2, -0.15) is 0 Å². The summed E-state index contributed by atoms with van der Waals surface area (Å²) < 4.78 is 0. The molecule has 1 aromatic carbocycles. The summed E-state index contributed by atoms with van der Waals surface area (Å²) in [5.74, 6) is -0.157. The predicted octanol–water partition coefficient (Wildman–Crippen LogP) is 2.49. The van der Waals surface area contributed by atoms with Gasteiger partial charge in [0, 0.05) is 5.41 Å². The molecule has 1 saturated carbocycles. The maximum absolute atomic E-state index is 12.1. The minimum Gasteiger partial charge on any atom is -0.323 e. The molecule has 2 aliphatic carbocycles. The molecule has 0 radical (unpaired) electrons. The van der Waals surface area contributed by atoms with Crippen LogP contribution in [0.15, 0.2) is 29.8 Å². The minimum absolute atomic E-state index is 0.0510. The second kappa shape index (κ2) is 3.97. The molecule has 0 unspecified atom stereocenters. The van der Waals surface area contributed by atoms with E-state index in [-0.39, 0.29) is 17.4 Å². The Kier molecular flexibility index (Phi) is 2.39. The Morgan fingerprint density at radius 2 is 1.76 bits per heavy atom. The van der Waals surface area contributed by atoms with E-state index in [4.69, 9.17) is 0 Å². The van der Waals surface area contributed by atoms with Crippen LogP contribution in [0.4, 0.5) is 4.79 Å². The molecule has 0 atom stereocenters. The molecule has 1 aliphatic heterocycles. The van der Waals surface area contributed by atoms with Crippen molar-refractivity contribution in [1.29, 1.82) is 0 Å². The summed E-state index contributed by atoms with van der Waals surface area (Å²) in [5.41, 5.74) is 3.42. The highest BCUT2D eigenvalue weighted by Gasteiger charge is 2.53. The number of carbonyl (C=O) groups is 2. The number of urea groups is 1. The number of hydrogen-bond donors (Lipinski definition) is 2. The van der Waals surface area contributed by atoms with Crippen LogP contribution >= 0.6 is 0 Å². The first kappa shape index (κ1) is 12.6. The fourth-order valence-electron chi connectivity index (χ4n) is 4.29. The highest BCUT2D eigenvalue weighted by Crippen LogP contribution is 2.52. The van der Waals surface area contributed by atoms with Crippen molar-refractivity contribution in [3.8, 4) is 0 Å². The van der Waals surface area contributed by atoms with Gasteiger partial charge < -0.3 is 5.32 Å². The average molecular weight is 282 g/mol. The number of carbonyl (C=O) groups excluding carboxylic acids is 2. The van der Waals surface area contributed by atoms with E-state index in [2.05, 4.69) is 47.9 Å². The Bertz CT molecular complexity index is 682. The third-order valence-electron chi connectivity index (χ3n) is 5.57. The van der Waals surface area contributed by atoms with E-state index in [1.807, 2.05) is 0 Å². The van der Waals surface area contributed by atoms with E-state index in [1.54, 1.807) is 0 Å². The van der Waals surface area contributed by atoms with Gasteiger partial charge in [0.2, 0.25) is 0 Å². The summed E-state index contributed by atoms with van der Waals surface area (Å²) in [6, 6.07) is 8.16. The Morgan fingerprint density at radius 1 is 1.05 bits per heavy atom. The zero-order valence-electron chi connectivity index (χ0n) is 12.0. The van der Waals surface area contributed by atoms with E-state index in [0.717, 1.165) is 12.8 Å². The highest BCUT2D eigenvalue weighted by atomic mass is 16.2. The molecule has 2 fully saturated rings. The molecule has 4 heteroatoms. The lowest BCUT2D eigenvalue weighted by Gasteiger charge is -2.43. The zero-order valence-corrected chi connectivity index (χ0v) is 12.0. The van der Waals surface area contributed by atoms with Gasteiger partial charge in [0.05, 0.1) is 0 Å². The number of imide groups is 1. The third-order valence-corrected chi connectivity index (χ3v) is 5.57. The Balaban J connectivity index is 1.68. The van der Waals surface area contributed by atoms with Gasteiger partial charge in [-0.15, -0.1) is 0 Å². The predicted molar refractivity (Wildman–Crippen MR) is 79.6 cm³/mol. The lowest BCUT2D eigenvalue weighted by Crippen LogP contribution is -2.52. The first-order valence-corrected chi connectivity index (χ1v) is 7.48. The van der Waals surface area contributed by atoms with Crippen molar-refractivity contribution in [1.82, 2.24) is 10.6 Å². The smallest absolute Gasteiger partial charge is 0.322 e. The summed E-state index contributed by atoms with van der Waals surface area (Å²) in [6.07, 6.45) is 5.47. The minimum atomic E-state index is -0.680. The molecular formula is C17H18N2O2. The molecule has 21 heavy (non-hydrogen) atoms. The summed E-state index contributed by atoms with van der Waals surface area (Å²) in [7, 11) is 0. The van der Waals surface area contributed by atoms with Crippen LogP contribution in [0.25, 0.3) is 6.08 Å². The highest BCUT2D eigenvalue weighted by molar-refractivity contribution is 6.07. The number of benzene rings is 1. The van der Waals surface area contributed by atoms with Gasteiger partial charge in [0.1, 0.15) is 5.54 Å². The summed E-state index contributed by atoms with van der Waals surface area (Å²) in [4.78, 5) is 23.5. The first-order chi connectivity index (χ1) is 10.1. The van der Waals surface area contributed by atoms with Crippen molar-refractivity contribution in [3.63, 3.8) is 0 Å². The van der Waals surface area contributed by atoms with Crippen molar-refractivity contribution in [2.75, 3.05) is 0 Å². The van der Waals surface area contributed by atoms with Gasteiger partial charge in [0.25, 0.3) is 5.91 Å². The molecule has 1 aromatic rings. The number of fused-ring (bicyclic) bond motifs is 2. The van der Waals surface area contributed by atoms with Crippen molar-refractivity contribution >= 4 is 18.0 Å². The SMILES string of the molecule is CC1=Cc2ccccc2C12CCC1(CC2)NC(=O)NC1=O. The fourth-order valence-corrected chi connectivity index (χ4v) is 4.29. The molecule has 2 spiro atoms. The molecule has 4 rings (SSSR count). The van der Waals surface area contributed by atoms with Gasteiger partial charge in [0.15, 0.2) is 0 Å². The molecule has 3 aliphatic rings. The molecule has 0 bridgehead atoms. The Morgan fingerprint density at radius 3 is 2.43 bits per heavy atom. The Labute approximate surface area is 123 Å². The van der Waals surface area contributed by atoms with E-state index in [1.165, 1.54) is 16.7 Å². The fraction of sp³-hybridized carbons (Fsp3) is 0.412. The molecule has 1 saturated heterocycles. The number of allylic oxidation sites excluding steroid dienone is 1. The maximum Gasteiger partial charge on any atom is 0.322 e. The van der Waals surface area contributed by atoms with Gasteiger partial charge in [-0.3, -0.25) is 10.1 Å². The number of hydrogen-bond acceptors (Lipinski definition) is 2. The lowest BCUT2D eigenvalue weighted by molar-refractivity contribution is -0.125. The largest absolute Gasteiger partial charge is 0.323 e. The number of nitrogens with one attached hydrogen (secondary N) is 2. The van der Waals surface area contributed by atoms with Gasteiger partial charge in [-0.05, 0) is 43.7 Å². The lowest BCUT2D eigenvalue weighted by atomic mass is 9.62. The monoisotopic (exact) mass is 282 g/mol. The van der Waals surface area contributed by atoms with Crippen LogP contribution in [0.2, 0.25) is 0 Å². The van der Waals surface area contributed by atoms with Crippen LogP contribution in [-0.4, -0.2) is 17.5 Å². The van der Waals surface area contributed by atoms with E-state index < -0.39 is 5.54 Å². The second-order valence-corrected chi connectivity index (χ2v) is 6.49. The number of amides is 3. The summed E-state index contributed by atoms with van der Waals surface area (Å²) >= 11 is 0. The zero-order chi connectivity index (χ0) is 14.7. The van der Waals surface area contributed by atoms with Gasteiger partial charge in [-0.25, -0.2) is 4.79 Å². The Hall–Kier alpha value is -2.10. The average Bonchev–Trinajstić information content (AvgIpc) is 2.89. The first-order valence-electron chi connectivity index (χ1n) is 7.48. The molecule has 1 heterocycles. The molecule has 0 aromatic heterocycles. The quantitative estimate of drug-likeness (QED) is 0.718. The normalized spacial score (nSPS) is 33.9. The van der Waals surface area contributed by atoms with E-state index in [0.29, 0.717) is 12.8 Å². The van der Waals surface area contributed by atoms with Crippen molar-refractivity contribution in [2.45, 2.75) is 43.6 Å². The topological polar surface area (TPSA) is 58.2 Å². The van der Waals surface area contributed by atoms with E-state index in [9.17, 15) is 9.59 Å². The third kappa shape index (κ3) is 1.56. The molecule has 108 valence electrons. The van der Waals surface area contributed by atoms with Gasteiger partial charge in [-0.1, -0.05) is 35.9 Å². The summed E-state index contributed by atoms with van der Waals surface area (Å²) in [5, 5.41) is 5.23. The van der Waals surface area contributed by atoms with Crippen LogP contribution in [-0.2, 0) is 10.2 Å². The molecule has 2 N–H and O–H groups in total. The number of rotatable bonds is 0. The van der Waals surface area contributed by atoms with Crippen molar-refractivity contribution in [3.05, 3.63) is 41.0 Å². The van der Waals surface area contributed by atoms with Crippen LogP contribution in [0, 0.1) is 0 Å². The maximum atomic E-state index is 12.1. The van der Waals surface area contributed by atoms with Crippen molar-refractivity contribution < 1.29 is 9.59 Å². The van der Waals surface area contributed by atoms with Crippen LogP contribution in [0.5, 0.6) is 0 Å². The van der Waals surface area contributed by atoms with Crippen LogP contribution in [0.3, 0.4) is 0 Å². The standard InChI is InChI=1S/C17H18N2O2/c1-11-10-12-4-2-3-5-13(12)16(11)6-8-17(9-7-16)14(20)18-15(21)19-17/h2-5,10H,6-9H2,1H3,(H2,18,19,20,21). The van der Waals surface area contributed by atoms with Crippen LogP contribution < -0.4 is 10.6 Å². The molecule has 3 amide bonds. The van der Waals surface area contributed by atoms with E-state index >= 15 is 0 Å². The van der Waals surface area contributed by atoms with Crippen molar-refractivity contribution in [2.24, 2.45) is 0 Å². The summed E-state index contributed by atoms with van der Waals surface area (Å²) in [6.45, 7) is 2.19. The van der Waals surface area contributed by atoms with Gasteiger partial charge >= 0.3 is 6.03 Å². The molecular weight excluding hydrogens is 264 g/mol. The molecule has 4 nitrogen and oxygen atoms in total.